The number of aliphatic hydroxyl groups excluding tert-OH is 1. The van der Waals surface area contributed by atoms with Crippen LogP contribution < -0.4 is 11.1 Å². The van der Waals surface area contributed by atoms with E-state index < -0.39 is 0 Å². The number of nitrogens with one attached hydrogen (secondary N) is 1. The van der Waals surface area contributed by atoms with Gasteiger partial charge in [0.15, 0.2) is 0 Å². The number of hydrogen-bond acceptors (Lipinski definition) is 4. The highest BCUT2D eigenvalue weighted by molar-refractivity contribution is 5.54. The van der Waals surface area contributed by atoms with E-state index in [0.717, 1.165) is 24.2 Å². The minimum atomic E-state index is -0.0280. The number of benzene rings is 1. The molecule has 4 nitrogen and oxygen atoms in total. The molecule has 2 rings (SSSR count). The van der Waals surface area contributed by atoms with E-state index in [1.807, 2.05) is 18.2 Å². The normalized spacial score (nSPS) is 21.5. The van der Waals surface area contributed by atoms with E-state index in [0.29, 0.717) is 12.3 Å². The Balaban J connectivity index is 2.26. The molecule has 0 aliphatic carbocycles. The van der Waals surface area contributed by atoms with Crippen molar-refractivity contribution < 1.29 is 9.84 Å². The summed E-state index contributed by atoms with van der Waals surface area (Å²) in [6, 6.07) is 5.68. The molecule has 1 aromatic carbocycles. The summed E-state index contributed by atoms with van der Waals surface area (Å²) in [7, 11) is 0. The minimum absolute atomic E-state index is 0.00486. The van der Waals surface area contributed by atoms with Gasteiger partial charge in [-0.05, 0) is 0 Å². The largest absolute Gasteiger partial charge is 0.398 e. The summed E-state index contributed by atoms with van der Waals surface area (Å²) >= 11 is 0. The van der Waals surface area contributed by atoms with Gasteiger partial charge in [-0.3, -0.25) is 0 Å². The first-order valence-electron chi connectivity index (χ1n) is 5.13. The third-order valence-corrected chi connectivity index (χ3v) is 2.67. The van der Waals surface area contributed by atoms with Crippen LogP contribution in [-0.4, -0.2) is 24.8 Å². The Bertz CT molecular complexity index is 335. The van der Waals surface area contributed by atoms with E-state index in [9.17, 15) is 0 Å². The summed E-state index contributed by atoms with van der Waals surface area (Å²) < 4.78 is 5.62. The van der Waals surface area contributed by atoms with Crippen molar-refractivity contribution in [3.63, 3.8) is 0 Å². The maximum absolute atomic E-state index is 9.10. The topological polar surface area (TPSA) is 67.5 Å². The number of aliphatic hydroxyl groups is 1. The van der Waals surface area contributed by atoms with Crippen LogP contribution in [0.25, 0.3) is 0 Å². The van der Waals surface area contributed by atoms with Crippen LogP contribution in [0.2, 0.25) is 0 Å². The van der Waals surface area contributed by atoms with Crippen LogP contribution in [0, 0.1) is 0 Å². The Labute approximate surface area is 89.0 Å². The number of nitrogens with two attached hydrogens (primary N) is 1. The van der Waals surface area contributed by atoms with Gasteiger partial charge in [-0.1, -0.05) is 18.2 Å². The quantitative estimate of drug-likeness (QED) is 0.616. The average Bonchev–Trinajstić information content (AvgIpc) is 2.30. The number of para-hydroxylation sites is 1. The molecule has 15 heavy (non-hydrogen) atoms. The molecule has 0 amide bonds. The van der Waals surface area contributed by atoms with Crippen LogP contribution in [0.15, 0.2) is 18.2 Å². The Hall–Kier alpha value is -1.10. The summed E-state index contributed by atoms with van der Waals surface area (Å²) in [4.78, 5) is 0. The third-order valence-electron chi connectivity index (χ3n) is 2.67. The van der Waals surface area contributed by atoms with E-state index in [1.54, 1.807) is 0 Å². The molecule has 1 aromatic rings. The van der Waals surface area contributed by atoms with Crippen molar-refractivity contribution in [2.75, 3.05) is 25.4 Å². The number of anilines is 1. The van der Waals surface area contributed by atoms with Crippen molar-refractivity contribution in [1.29, 1.82) is 0 Å². The van der Waals surface area contributed by atoms with Gasteiger partial charge >= 0.3 is 0 Å². The monoisotopic (exact) mass is 208 g/mol. The maximum atomic E-state index is 9.10. The molecule has 1 saturated heterocycles. The van der Waals surface area contributed by atoms with E-state index in [4.69, 9.17) is 15.6 Å². The molecule has 0 bridgehead atoms. The highest BCUT2D eigenvalue weighted by Gasteiger charge is 2.18. The molecule has 1 heterocycles. The number of nitrogen functional groups attached to an aromatic ring is 1. The summed E-state index contributed by atoms with van der Waals surface area (Å²) in [5.74, 6) is 0. The Kier molecular flexibility index (Phi) is 3.20. The molecule has 1 aliphatic rings. The molecule has 4 heteroatoms. The third kappa shape index (κ3) is 2.12. The van der Waals surface area contributed by atoms with Crippen LogP contribution >= 0.6 is 0 Å². The molecule has 82 valence electrons. The van der Waals surface area contributed by atoms with Crippen molar-refractivity contribution in [3.8, 4) is 0 Å². The van der Waals surface area contributed by atoms with Crippen LogP contribution in [0.5, 0.6) is 0 Å². The van der Waals surface area contributed by atoms with E-state index in [-0.39, 0.29) is 12.7 Å². The number of hydrogen-bond donors (Lipinski definition) is 3. The van der Waals surface area contributed by atoms with Gasteiger partial charge in [-0.15, -0.1) is 0 Å². The van der Waals surface area contributed by atoms with E-state index in [2.05, 4.69) is 5.32 Å². The number of morpholine rings is 1. The summed E-state index contributed by atoms with van der Waals surface area (Å²) in [5.41, 5.74) is 8.34. The van der Waals surface area contributed by atoms with Gasteiger partial charge in [0.05, 0.1) is 19.3 Å². The van der Waals surface area contributed by atoms with Gasteiger partial charge in [0.1, 0.15) is 0 Å². The van der Waals surface area contributed by atoms with Gasteiger partial charge < -0.3 is 20.9 Å². The molecule has 1 atom stereocenters. The zero-order chi connectivity index (χ0) is 10.7. The molecule has 0 saturated carbocycles. The lowest BCUT2D eigenvalue weighted by molar-refractivity contribution is 0.0281. The van der Waals surface area contributed by atoms with Crippen LogP contribution in [-0.2, 0) is 11.3 Å². The predicted octanol–water partition coefficient (Wildman–Crippen LogP) is 0.422. The Morgan fingerprint density at radius 1 is 1.53 bits per heavy atom. The lowest BCUT2D eigenvalue weighted by Gasteiger charge is -2.25. The second-order valence-electron chi connectivity index (χ2n) is 3.64. The molecular weight excluding hydrogens is 192 g/mol. The van der Waals surface area contributed by atoms with Crippen LogP contribution in [0.4, 0.5) is 5.69 Å². The van der Waals surface area contributed by atoms with Gasteiger partial charge in [0.2, 0.25) is 0 Å². The number of rotatable bonds is 2. The molecule has 1 unspecified atom stereocenters. The van der Waals surface area contributed by atoms with E-state index in [1.165, 1.54) is 0 Å². The van der Waals surface area contributed by atoms with Gasteiger partial charge in [-0.25, -0.2) is 0 Å². The first-order valence-corrected chi connectivity index (χ1v) is 5.13. The number of ether oxygens (including phenoxy) is 1. The smallest absolute Gasteiger partial charge is 0.0969 e. The van der Waals surface area contributed by atoms with Gasteiger partial charge in [0.25, 0.3) is 0 Å². The van der Waals surface area contributed by atoms with Gasteiger partial charge in [0, 0.05) is 29.9 Å². The van der Waals surface area contributed by atoms with Crippen LogP contribution in [0.1, 0.15) is 17.2 Å². The second-order valence-corrected chi connectivity index (χ2v) is 3.64. The van der Waals surface area contributed by atoms with Crippen LogP contribution in [0.3, 0.4) is 0 Å². The SMILES string of the molecule is Nc1c(CO)cccc1C1CNCCO1. The zero-order valence-corrected chi connectivity index (χ0v) is 8.57. The lowest BCUT2D eigenvalue weighted by atomic mass is 10.0. The standard InChI is InChI=1S/C11H16N2O2/c12-11-8(7-14)2-1-3-9(11)10-6-13-4-5-15-10/h1-3,10,13-14H,4-7,12H2. The molecular formula is C11H16N2O2. The summed E-state index contributed by atoms with van der Waals surface area (Å²) in [5, 5.41) is 12.4. The molecule has 0 aromatic heterocycles. The first-order chi connectivity index (χ1) is 7.33. The summed E-state index contributed by atoms with van der Waals surface area (Å²) in [6.07, 6.45) is 0.00486. The molecule has 4 N–H and O–H groups in total. The minimum Gasteiger partial charge on any atom is -0.398 e. The van der Waals surface area contributed by atoms with Crippen molar-refractivity contribution >= 4 is 5.69 Å². The molecule has 0 spiro atoms. The van der Waals surface area contributed by atoms with Crippen molar-refractivity contribution in [3.05, 3.63) is 29.3 Å². The van der Waals surface area contributed by atoms with Crippen molar-refractivity contribution in [2.24, 2.45) is 0 Å². The molecule has 1 fully saturated rings. The maximum Gasteiger partial charge on any atom is 0.0969 e. The van der Waals surface area contributed by atoms with Crippen molar-refractivity contribution in [1.82, 2.24) is 5.32 Å². The second kappa shape index (κ2) is 4.61. The highest BCUT2D eigenvalue weighted by atomic mass is 16.5. The molecule has 1 aliphatic heterocycles. The first kappa shape index (κ1) is 10.4. The zero-order valence-electron chi connectivity index (χ0n) is 8.57. The fourth-order valence-electron chi connectivity index (χ4n) is 1.82. The fraction of sp³-hybridized carbons (Fsp3) is 0.455. The highest BCUT2D eigenvalue weighted by Crippen LogP contribution is 2.27. The van der Waals surface area contributed by atoms with Gasteiger partial charge in [-0.2, -0.15) is 0 Å². The predicted molar refractivity (Wildman–Crippen MR) is 58.3 cm³/mol. The summed E-state index contributed by atoms with van der Waals surface area (Å²) in [6.45, 7) is 2.34. The average molecular weight is 208 g/mol. The lowest BCUT2D eigenvalue weighted by Crippen LogP contribution is -2.33. The fourth-order valence-corrected chi connectivity index (χ4v) is 1.82. The molecule has 0 radical (unpaired) electrons. The Morgan fingerprint density at radius 2 is 2.40 bits per heavy atom. The van der Waals surface area contributed by atoms with Crippen molar-refractivity contribution in [2.45, 2.75) is 12.7 Å². The Morgan fingerprint density at radius 3 is 3.07 bits per heavy atom. The van der Waals surface area contributed by atoms with E-state index >= 15 is 0 Å².